The van der Waals surface area contributed by atoms with Crippen LogP contribution in [0.5, 0.6) is 11.5 Å². The number of methoxy groups -OCH3 is 2. The molecule has 0 unspecified atom stereocenters. The molecular formula is C18H19BrO4. The van der Waals surface area contributed by atoms with Crippen molar-refractivity contribution in [2.24, 2.45) is 0 Å². The third-order valence-electron chi connectivity index (χ3n) is 3.35. The Morgan fingerprint density at radius 1 is 1.13 bits per heavy atom. The van der Waals surface area contributed by atoms with Crippen LogP contribution in [0.3, 0.4) is 0 Å². The van der Waals surface area contributed by atoms with Gasteiger partial charge in [0.15, 0.2) is 0 Å². The van der Waals surface area contributed by atoms with Crippen molar-refractivity contribution in [3.05, 3.63) is 57.6 Å². The van der Waals surface area contributed by atoms with Crippen LogP contribution in [0, 0.1) is 6.92 Å². The maximum Gasteiger partial charge on any atom is 0.337 e. The minimum atomic E-state index is -0.371. The van der Waals surface area contributed by atoms with Crippen molar-refractivity contribution in [1.29, 1.82) is 0 Å². The van der Waals surface area contributed by atoms with Crippen LogP contribution >= 0.6 is 15.9 Å². The van der Waals surface area contributed by atoms with Crippen LogP contribution in [0.2, 0.25) is 0 Å². The van der Waals surface area contributed by atoms with Crippen molar-refractivity contribution in [1.82, 2.24) is 0 Å². The Morgan fingerprint density at radius 3 is 2.57 bits per heavy atom. The van der Waals surface area contributed by atoms with Crippen molar-refractivity contribution < 1.29 is 19.0 Å². The number of esters is 1. The molecule has 0 spiro atoms. The zero-order chi connectivity index (χ0) is 16.8. The molecule has 0 aliphatic heterocycles. The highest BCUT2D eigenvalue weighted by Crippen LogP contribution is 2.26. The highest BCUT2D eigenvalue weighted by Gasteiger charge is 2.09. The van der Waals surface area contributed by atoms with Crippen molar-refractivity contribution in [2.75, 3.05) is 20.8 Å². The molecule has 0 fully saturated rings. The SMILES string of the molecule is COC(=O)c1ccc(OCCc2cc(C)cc(OC)c2)c(Br)c1. The molecule has 2 aromatic carbocycles. The highest BCUT2D eigenvalue weighted by molar-refractivity contribution is 9.10. The van der Waals surface area contributed by atoms with Crippen molar-refractivity contribution >= 4 is 21.9 Å². The summed E-state index contributed by atoms with van der Waals surface area (Å²) < 4.78 is 16.5. The van der Waals surface area contributed by atoms with Gasteiger partial charge in [-0.15, -0.1) is 0 Å². The quantitative estimate of drug-likeness (QED) is 0.707. The summed E-state index contributed by atoms with van der Waals surface area (Å²) in [4.78, 5) is 11.5. The van der Waals surface area contributed by atoms with Gasteiger partial charge in [-0.05, 0) is 64.3 Å². The van der Waals surface area contributed by atoms with E-state index in [-0.39, 0.29) is 5.97 Å². The molecule has 0 radical (unpaired) electrons. The predicted octanol–water partition coefficient (Wildman–Crippen LogP) is 4.17. The van der Waals surface area contributed by atoms with Crippen LogP contribution in [0.4, 0.5) is 0 Å². The minimum absolute atomic E-state index is 0.371. The minimum Gasteiger partial charge on any atom is -0.497 e. The molecular weight excluding hydrogens is 360 g/mol. The molecule has 0 atom stereocenters. The normalized spacial score (nSPS) is 10.3. The van der Waals surface area contributed by atoms with E-state index < -0.39 is 0 Å². The zero-order valence-electron chi connectivity index (χ0n) is 13.4. The fourth-order valence-corrected chi connectivity index (χ4v) is 2.72. The van der Waals surface area contributed by atoms with Crippen molar-refractivity contribution in [3.63, 3.8) is 0 Å². The number of hydrogen-bond acceptors (Lipinski definition) is 4. The second-order valence-electron chi connectivity index (χ2n) is 5.09. The lowest BCUT2D eigenvalue weighted by atomic mass is 10.1. The summed E-state index contributed by atoms with van der Waals surface area (Å²) >= 11 is 3.41. The average molecular weight is 379 g/mol. The zero-order valence-corrected chi connectivity index (χ0v) is 15.0. The first-order chi connectivity index (χ1) is 11.0. The summed E-state index contributed by atoms with van der Waals surface area (Å²) in [7, 11) is 3.02. The van der Waals surface area contributed by atoms with Crippen molar-refractivity contribution in [3.8, 4) is 11.5 Å². The van der Waals surface area contributed by atoms with Crippen LogP contribution in [0.15, 0.2) is 40.9 Å². The molecule has 0 saturated carbocycles. The van der Waals surface area contributed by atoms with E-state index in [1.807, 2.05) is 19.1 Å². The van der Waals surface area contributed by atoms with E-state index in [0.717, 1.165) is 27.8 Å². The largest absolute Gasteiger partial charge is 0.497 e. The second-order valence-corrected chi connectivity index (χ2v) is 5.95. The Labute approximate surface area is 144 Å². The number of ether oxygens (including phenoxy) is 3. The van der Waals surface area contributed by atoms with Gasteiger partial charge < -0.3 is 14.2 Å². The first kappa shape index (κ1) is 17.3. The topological polar surface area (TPSA) is 44.8 Å². The van der Waals surface area contributed by atoms with E-state index in [2.05, 4.69) is 22.0 Å². The van der Waals surface area contributed by atoms with E-state index >= 15 is 0 Å². The summed E-state index contributed by atoms with van der Waals surface area (Å²) in [5.41, 5.74) is 2.79. The van der Waals surface area contributed by atoms with E-state index in [1.165, 1.54) is 7.11 Å². The number of halogens is 1. The number of hydrogen-bond donors (Lipinski definition) is 0. The van der Waals surface area contributed by atoms with Gasteiger partial charge in [0.2, 0.25) is 0 Å². The lowest BCUT2D eigenvalue weighted by Gasteiger charge is -2.10. The monoisotopic (exact) mass is 378 g/mol. The summed E-state index contributed by atoms with van der Waals surface area (Å²) in [6, 6.07) is 11.2. The van der Waals surface area contributed by atoms with Crippen LogP contribution in [0.1, 0.15) is 21.5 Å². The van der Waals surface area contributed by atoms with Gasteiger partial charge >= 0.3 is 5.97 Å². The smallest absolute Gasteiger partial charge is 0.337 e. The van der Waals surface area contributed by atoms with E-state index in [9.17, 15) is 4.79 Å². The first-order valence-electron chi connectivity index (χ1n) is 7.18. The predicted molar refractivity (Wildman–Crippen MR) is 92.4 cm³/mol. The van der Waals surface area contributed by atoms with Crippen LogP contribution in [0.25, 0.3) is 0 Å². The van der Waals surface area contributed by atoms with Gasteiger partial charge in [-0.1, -0.05) is 6.07 Å². The maximum atomic E-state index is 11.5. The highest BCUT2D eigenvalue weighted by atomic mass is 79.9. The number of benzene rings is 2. The number of carbonyl (C=O) groups excluding carboxylic acids is 1. The van der Waals surface area contributed by atoms with Gasteiger partial charge in [-0.25, -0.2) is 4.79 Å². The van der Waals surface area contributed by atoms with Crippen LogP contribution < -0.4 is 9.47 Å². The Balaban J connectivity index is 1.99. The molecule has 122 valence electrons. The summed E-state index contributed by atoms with van der Waals surface area (Å²) in [5.74, 6) is 1.17. The molecule has 0 N–H and O–H groups in total. The Hall–Kier alpha value is -2.01. The van der Waals surface area contributed by atoms with Crippen molar-refractivity contribution in [2.45, 2.75) is 13.3 Å². The first-order valence-corrected chi connectivity index (χ1v) is 7.98. The summed E-state index contributed by atoms with van der Waals surface area (Å²) in [6.07, 6.45) is 0.767. The molecule has 0 heterocycles. The van der Waals surface area contributed by atoms with E-state index in [1.54, 1.807) is 25.3 Å². The fourth-order valence-electron chi connectivity index (χ4n) is 2.23. The molecule has 0 aromatic heterocycles. The van der Waals surface area contributed by atoms with Gasteiger partial charge in [-0.3, -0.25) is 0 Å². The number of rotatable bonds is 6. The molecule has 2 aromatic rings. The molecule has 23 heavy (non-hydrogen) atoms. The standard InChI is InChI=1S/C18H19BrO4/c1-12-8-13(10-15(9-12)21-2)6-7-23-17-5-4-14(11-16(17)19)18(20)22-3/h4-5,8-11H,6-7H2,1-3H3. The third-order valence-corrected chi connectivity index (χ3v) is 3.97. The molecule has 0 aliphatic carbocycles. The van der Waals surface area contributed by atoms with E-state index in [0.29, 0.717) is 17.9 Å². The van der Waals surface area contributed by atoms with Gasteiger partial charge in [-0.2, -0.15) is 0 Å². The molecule has 4 nitrogen and oxygen atoms in total. The molecule has 2 rings (SSSR count). The number of carbonyl (C=O) groups is 1. The maximum absolute atomic E-state index is 11.5. The molecule has 0 bridgehead atoms. The number of aryl methyl sites for hydroxylation is 1. The third kappa shape index (κ3) is 4.73. The lowest BCUT2D eigenvalue weighted by Crippen LogP contribution is -2.04. The van der Waals surface area contributed by atoms with Crippen LogP contribution in [-0.2, 0) is 11.2 Å². The van der Waals surface area contributed by atoms with Crippen LogP contribution in [-0.4, -0.2) is 26.8 Å². The van der Waals surface area contributed by atoms with Gasteiger partial charge in [0.05, 0.1) is 30.9 Å². The molecule has 0 saturated heterocycles. The Bertz CT molecular complexity index is 697. The summed E-state index contributed by atoms with van der Waals surface area (Å²) in [5, 5.41) is 0. The summed E-state index contributed by atoms with van der Waals surface area (Å²) in [6.45, 7) is 2.57. The van der Waals surface area contributed by atoms with Gasteiger partial charge in [0, 0.05) is 6.42 Å². The van der Waals surface area contributed by atoms with E-state index in [4.69, 9.17) is 14.2 Å². The Morgan fingerprint density at radius 2 is 1.91 bits per heavy atom. The second kappa shape index (κ2) is 8.02. The van der Waals surface area contributed by atoms with Gasteiger partial charge in [0.25, 0.3) is 0 Å². The van der Waals surface area contributed by atoms with Gasteiger partial charge in [0.1, 0.15) is 11.5 Å². The fraction of sp³-hybridized carbons (Fsp3) is 0.278. The molecule has 0 aliphatic rings. The lowest BCUT2D eigenvalue weighted by molar-refractivity contribution is 0.0600. The Kier molecular flexibility index (Phi) is 6.04. The molecule has 5 heteroatoms. The molecule has 0 amide bonds. The average Bonchev–Trinajstić information content (AvgIpc) is 2.55.